The van der Waals surface area contributed by atoms with Gasteiger partial charge in [-0.3, -0.25) is 19.2 Å². The molecule has 0 saturated heterocycles. The van der Waals surface area contributed by atoms with Crippen molar-refractivity contribution < 1.29 is 28.7 Å². The summed E-state index contributed by atoms with van der Waals surface area (Å²) in [6.07, 6.45) is 0.131. The Morgan fingerprint density at radius 3 is 1.50 bits per heavy atom. The molecule has 0 aromatic carbocycles. The molecule has 2 rings (SSSR count). The zero-order valence-corrected chi connectivity index (χ0v) is 10.2. The lowest BCUT2D eigenvalue weighted by Gasteiger charge is -2.15. The zero-order valence-electron chi connectivity index (χ0n) is 10.2. The van der Waals surface area contributed by atoms with Gasteiger partial charge in [-0.2, -0.15) is 0 Å². The van der Waals surface area contributed by atoms with Crippen LogP contribution in [0.5, 0.6) is 0 Å². The highest BCUT2D eigenvalue weighted by Gasteiger charge is 2.58. The van der Waals surface area contributed by atoms with Gasteiger partial charge in [0.05, 0.1) is 14.2 Å². The fourth-order valence-corrected chi connectivity index (χ4v) is 3.10. The van der Waals surface area contributed by atoms with E-state index in [0.29, 0.717) is 0 Å². The van der Waals surface area contributed by atoms with Gasteiger partial charge in [-0.1, -0.05) is 0 Å². The summed E-state index contributed by atoms with van der Waals surface area (Å²) in [5.41, 5.74) is 0. The van der Waals surface area contributed by atoms with E-state index in [1.165, 1.54) is 14.2 Å². The van der Waals surface area contributed by atoms with Gasteiger partial charge in [0.1, 0.15) is 23.4 Å². The second-order valence-electron chi connectivity index (χ2n) is 4.67. The third kappa shape index (κ3) is 1.72. The lowest BCUT2D eigenvalue weighted by Crippen LogP contribution is -2.26. The third-order valence-electron chi connectivity index (χ3n) is 3.88. The van der Waals surface area contributed by atoms with Gasteiger partial charge in [0.25, 0.3) is 0 Å². The standard InChI is InChI=1S/C12H14O6/c1-17-11(15)9-5-3-8(14)10(12(16)18-2)6(5)4-7(9)13/h5-6,9-10H,3-4H2,1-2H3/t5-,6-,9-,10-/m1/s1. The summed E-state index contributed by atoms with van der Waals surface area (Å²) in [5.74, 6) is -4.38. The first-order valence-electron chi connectivity index (χ1n) is 5.72. The van der Waals surface area contributed by atoms with Crippen LogP contribution in [0.3, 0.4) is 0 Å². The van der Waals surface area contributed by atoms with E-state index in [0.717, 1.165) is 0 Å². The largest absolute Gasteiger partial charge is 0.468 e. The highest BCUT2D eigenvalue weighted by atomic mass is 16.5. The molecule has 6 heteroatoms. The first-order chi connectivity index (χ1) is 8.51. The predicted molar refractivity (Wildman–Crippen MR) is 57.2 cm³/mol. The molecule has 18 heavy (non-hydrogen) atoms. The van der Waals surface area contributed by atoms with Crippen molar-refractivity contribution >= 4 is 23.5 Å². The van der Waals surface area contributed by atoms with Crippen LogP contribution in [0.25, 0.3) is 0 Å². The lowest BCUT2D eigenvalue weighted by molar-refractivity contribution is -0.151. The van der Waals surface area contributed by atoms with Crippen LogP contribution in [-0.4, -0.2) is 37.7 Å². The van der Waals surface area contributed by atoms with Gasteiger partial charge < -0.3 is 9.47 Å². The summed E-state index contributed by atoms with van der Waals surface area (Å²) in [4.78, 5) is 46.7. The highest BCUT2D eigenvalue weighted by molar-refractivity contribution is 6.07. The van der Waals surface area contributed by atoms with Crippen molar-refractivity contribution in [2.24, 2.45) is 23.7 Å². The van der Waals surface area contributed by atoms with Crippen molar-refractivity contribution in [3.8, 4) is 0 Å². The maximum Gasteiger partial charge on any atom is 0.316 e. The number of esters is 2. The summed E-state index contributed by atoms with van der Waals surface area (Å²) < 4.78 is 9.17. The minimum Gasteiger partial charge on any atom is -0.468 e. The Labute approximate surface area is 104 Å². The normalized spacial score (nSPS) is 34.3. The summed E-state index contributed by atoms with van der Waals surface area (Å²) in [5, 5.41) is 0. The second kappa shape index (κ2) is 4.51. The summed E-state index contributed by atoms with van der Waals surface area (Å²) in [6.45, 7) is 0. The van der Waals surface area contributed by atoms with E-state index in [2.05, 4.69) is 9.47 Å². The fourth-order valence-electron chi connectivity index (χ4n) is 3.10. The van der Waals surface area contributed by atoms with Crippen molar-refractivity contribution in [2.75, 3.05) is 14.2 Å². The number of methoxy groups -OCH3 is 2. The predicted octanol–water partition coefficient (Wildman–Crippen LogP) is -0.257. The first kappa shape index (κ1) is 12.7. The average Bonchev–Trinajstić information content (AvgIpc) is 2.80. The van der Waals surface area contributed by atoms with Gasteiger partial charge in [-0.05, 0) is 11.8 Å². The average molecular weight is 254 g/mol. The Bertz CT molecular complexity index is 386. The molecule has 0 amide bonds. The number of hydrogen-bond acceptors (Lipinski definition) is 6. The van der Waals surface area contributed by atoms with Crippen LogP contribution in [0.15, 0.2) is 0 Å². The highest BCUT2D eigenvalue weighted by Crippen LogP contribution is 2.48. The van der Waals surface area contributed by atoms with Crippen molar-refractivity contribution in [2.45, 2.75) is 12.8 Å². The molecule has 98 valence electrons. The number of fused-ring (bicyclic) bond motifs is 1. The molecule has 0 spiro atoms. The van der Waals surface area contributed by atoms with Gasteiger partial charge >= 0.3 is 11.9 Å². The van der Waals surface area contributed by atoms with E-state index < -0.39 is 35.6 Å². The van der Waals surface area contributed by atoms with E-state index in [4.69, 9.17) is 0 Å². The molecule has 0 heterocycles. The molecule has 2 aliphatic carbocycles. The smallest absolute Gasteiger partial charge is 0.316 e. The Morgan fingerprint density at radius 2 is 1.22 bits per heavy atom. The molecular weight excluding hydrogens is 240 g/mol. The molecule has 0 aromatic heterocycles. The topological polar surface area (TPSA) is 86.7 Å². The molecule has 4 atom stereocenters. The Morgan fingerprint density at radius 1 is 0.889 bits per heavy atom. The maximum absolute atomic E-state index is 11.8. The lowest BCUT2D eigenvalue weighted by atomic mass is 9.89. The van der Waals surface area contributed by atoms with Crippen molar-refractivity contribution in [3.63, 3.8) is 0 Å². The quantitative estimate of drug-likeness (QED) is 0.498. The molecule has 2 saturated carbocycles. The number of ketones is 2. The van der Waals surface area contributed by atoms with Crippen LogP contribution in [0, 0.1) is 23.7 Å². The Hall–Kier alpha value is -1.72. The number of hydrogen-bond donors (Lipinski definition) is 0. The van der Waals surface area contributed by atoms with E-state index in [-0.39, 0.29) is 24.4 Å². The number of carbonyl (C=O) groups excluding carboxylic acids is 4. The van der Waals surface area contributed by atoms with Crippen LogP contribution in [0.2, 0.25) is 0 Å². The molecular formula is C12H14O6. The fraction of sp³-hybridized carbons (Fsp3) is 0.667. The SMILES string of the molecule is COC(=O)[C@H]1C(=O)C[C@H]2[C@@H](C(=O)OC)C(=O)C[C@@H]12. The number of carbonyl (C=O) groups is 4. The van der Waals surface area contributed by atoms with E-state index >= 15 is 0 Å². The monoisotopic (exact) mass is 254 g/mol. The van der Waals surface area contributed by atoms with Crippen LogP contribution in [0.1, 0.15) is 12.8 Å². The van der Waals surface area contributed by atoms with Gasteiger partial charge in [-0.25, -0.2) is 0 Å². The van der Waals surface area contributed by atoms with Crippen LogP contribution >= 0.6 is 0 Å². The Kier molecular flexibility index (Phi) is 3.19. The van der Waals surface area contributed by atoms with Crippen molar-refractivity contribution in [1.29, 1.82) is 0 Å². The molecule has 0 N–H and O–H groups in total. The summed E-state index contributed by atoms with van der Waals surface area (Å²) >= 11 is 0. The van der Waals surface area contributed by atoms with Gasteiger partial charge in [0.15, 0.2) is 0 Å². The number of Topliss-reactive ketones (excluding diaryl/α,β-unsaturated/α-hetero) is 2. The molecule has 2 fully saturated rings. The number of ether oxygens (including phenoxy) is 2. The maximum atomic E-state index is 11.8. The third-order valence-corrected chi connectivity index (χ3v) is 3.88. The summed E-state index contributed by atoms with van der Waals surface area (Å²) in [7, 11) is 2.41. The number of rotatable bonds is 2. The van der Waals surface area contributed by atoms with Crippen LogP contribution < -0.4 is 0 Å². The zero-order chi connectivity index (χ0) is 13.4. The van der Waals surface area contributed by atoms with Crippen LogP contribution in [0.4, 0.5) is 0 Å². The molecule has 0 radical (unpaired) electrons. The first-order valence-corrected chi connectivity index (χ1v) is 5.72. The molecule has 6 nitrogen and oxygen atoms in total. The van der Waals surface area contributed by atoms with Crippen molar-refractivity contribution in [1.82, 2.24) is 0 Å². The molecule has 0 aliphatic heterocycles. The minimum absolute atomic E-state index is 0.0654. The van der Waals surface area contributed by atoms with E-state index in [9.17, 15) is 19.2 Å². The minimum atomic E-state index is -0.904. The van der Waals surface area contributed by atoms with E-state index in [1.54, 1.807) is 0 Å². The summed E-state index contributed by atoms with van der Waals surface area (Å²) in [6, 6.07) is 0. The Balaban J connectivity index is 2.27. The van der Waals surface area contributed by atoms with Crippen molar-refractivity contribution in [3.05, 3.63) is 0 Å². The van der Waals surface area contributed by atoms with Crippen LogP contribution in [-0.2, 0) is 28.7 Å². The molecule has 2 aliphatic rings. The van der Waals surface area contributed by atoms with Gasteiger partial charge in [0.2, 0.25) is 0 Å². The van der Waals surface area contributed by atoms with Gasteiger partial charge in [0, 0.05) is 12.8 Å². The van der Waals surface area contributed by atoms with Gasteiger partial charge in [-0.15, -0.1) is 0 Å². The second-order valence-corrected chi connectivity index (χ2v) is 4.67. The molecule has 0 bridgehead atoms. The molecule has 0 unspecified atom stereocenters. The van der Waals surface area contributed by atoms with E-state index in [1.807, 2.05) is 0 Å². The molecule has 0 aromatic rings.